The van der Waals surface area contributed by atoms with Gasteiger partial charge in [-0.25, -0.2) is 0 Å². The van der Waals surface area contributed by atoms with Crippen LogP contribution >= 0.6 is 0 Å². The Hall–Kier alpha value is -2.35. The molecule has 0 radical (unpaired) electrons. The van der Waals surface area contributed by atoms with Crippen LogP contribution in [0, 0.1) is 17.2 Å². The van der Waals surface area contributed by atoms with Crippen molar-refractivity contribution in [2.75, 3.05) is 6.54 Å². The highest BCUT2D eigenvalue weighted by molar-refractivity contribution is 5.96. The second-order valence-corrected chi connectivity index (χ2v) is 5.75. The highest BCUT2D eigenvalue weighted by atomic mass is 16.4. The van der Waals surface area contributed by atoms with E-state index < -0.39 is 11.9 Å². The highest BCUT2D eigenvalue weighted by Gasteiger charge is 2.37. The summed E-state index contributed by atoms with van der Waals surface area (Å²) < 4.78 is 0. The van der Waals surface area contributed by atoms with Gasteiger partial charge in [-0.05, 0) is 49.4 Å². The van der Waals surface area contributed by atoms with Gasteiger partial charge in [-0.15, -0.1) is 0 Å². The molecule has 2 aliphatic heterocycles. The fraction of sp³-hybridized carbons (Fsp3) is 0.438. The van der Waals surface area contributed by atoms with Gasteiger partial charge in [-0.2, -0.15) is 5.26 Å². The van der Waals surface area contributed by atoms with Crippen LogP contribution < -0.4 is 0 Å². The summed E-state index contributed by atoms with van der Waals surface area (Å²) in [4.78, 5) is 25.6. The van der Waals surface area contributed by atoms with Crippen LogP contribution in [0.2, 0.25) is 0 Å². The first kappa shape index (κ1) is 13.6. The number of nitrogens with zero attached hydrogens (tertiary/aromatic N) is 2. The largest absolute Gasteiger partial charge is 0.481 e. The Balaban J connectivity index is 1.94. The van der Waals surface area contributed by atoms with E-state index in [0.717, 1.165) is 24.8 Å². The van der Waals surface area contributed by atoms with E-state index >= 15 is 0 Å². The van der Waals surface area contributed by atoms with Crippen LogP contribution in [0.3, 0.4) is 0 Å². The summed E-state index contributed by atoms with van der Waals surface area (Å²) in [7, 11) is 0. The number of carbonyl (C=O) groups is 2. The Kier molecular flexibility index (Phi) is 3.38. The molecule has 0 aliphatic carbocycles. The summed E-state index contributed by atoms with van der Waals surface area (Å²) in [6.07, 6.45) is 2.96. The van der Waals surface area contributed by atoms with Crippen molar-refractivity contribution in [1.82, 2.24) is 4.90 Å². The zero-order valence-corrected chi connectivity index (χ0v) is 11.6. The van der Waals surface area contributed by atoms with E-state index in [2.05, 4.69) is 6.07 Å². The second kappa shape index (κ2) is 5.21. The lowest BCUT2D eigenvalue weighted by molar-refractivity contribution is -0.143. The van der Waals surface area contributed by atoms with Crippen LogP contribution in [-0.2, 0) is 11.2 Å². The van der Waals surface area contributed by atoms with Crippen LogP contribution in [0.4, 0.5) is 0 Å². The average molecular weight is 284 g/mol. The SMILES string of the molecule is N#Cc1ccc2c(c1)CCC1CCC(C(=O)O)CN1C2=O. The lowest BCUT2D eigenvalue weighted by Crippen LogP contribution is -2.47. The molecule has 2 aliphatic rings. The Morgan fingerprint density at radius 3 is 2.86 bits per heavy atom. The molecule has 1 amide bonds. The van der Waals surface area contributed by atoms with E-state index in [1.165, 1.54) is 0 Å². The molecule has 21 heavy (non-hydrogen) atoms. The molecule has 5 nitrogen and oxygen atoms in total. The summed E-state index contributed by atoms with van der Waals surface area (Å²) in [5.74, 6) is -1.39. The number of rotatable bonds is 1. The molecule has 0 aromatic heterocycles. The molecule has 108 valence electrons. The summed E-state index contributed by atoms with van der Waals surface area (Å²) in [5, 5.41) is 18.1. The van der Waals surface area contributed by atoms with Crippen LogP contribution in [-0.4, -0.2) is 34.5 Å². The molecule has 5 heteroatoms. The van der Waals surface area contributed by atoms with E-state index in [-0.39, 0.29) is 18.5 Å². The van der Waals surface area contributed by atoms with Crippen molar-refractivity contribution in [3.8, 4) is 6.07 Å². The number of benzene rings is 1. The average Bonchev–Trinajstić information content (AvgIpc) is 2.64. The number of fused-ring (bicyclic) bond motifs is 2. The third kappa shape index (κ3) is 2.38. The maximum absolute atomic E-state index is 12.7. The van der Waals surface area contributed by atoms with Crippen LogP contribution in [0.1, 0.15) is 40.7 Å². The van der Waals surface area contributed by atoms with Crippen molar-refractivity contribution in [3.05, 3.63) is 34.9 Å². The second-order valence-electron chi connectivity index (χ2n) is 5.75. The summed E-state index contributed by atoms with van der Waals surface area (Å²) in [6.45, 7) is 0.290. The van der Waals surface area contributed by atoms with Gasteiger partial charge in [-0.1, -0.05) is 0 Å². The fourth-order valence-electron chi connectivity index (χ4n) is 3.33. The Morgan fingerprint density at radius 2 is 2.14 bits per heavy atom. The van der Waals surface area contributed by atoms with Gasteiger partial charge in [0.1, 0.15) is 0 Å². The highest BCUT2D eigenvalue weighted by Crippen LogP contribution is 2.31. The first-order valence-electron chi connectivity index (χ1n) is 7.17. The van der Waals surface area contributed by atoms with Gasteiger partial charge in [0.25, 0.3) is 5.91 Å². The van der Waals surface area contributed by atoms with Crippen LogP contribution in [0.15, 0.2) is 18.2 Å². The minimum atomic E-state index is -0.828. The molecular weight excluding hydrogens is 268 g/mol. The Morgan fingerprint density at radius 1 is 1.33 bits per heavy atom. The molecule has 2 atom stereocenters. The van der Waals surface area contributed by atoms with Gasteiger partial charge in [0, 0.05) is 18.2 Å². The maximum atomic E-state index is 12.7. The number of amides is 1. The van der Waals surface area contributed by atoms with Gasteiger partial charge < -0.3 is 10.0 Å². The lowest BCUT2D eigenvalue weighted by Gasteiger charge is -2.37. The van der Waals surface area contributed by atoms with Crippen molar-refractivity contribution >= 4 is 11.9 Å². The minimum Gasteiger partial charge on any atom is -0.481 e. The molecular formula is C16H16N2O3. The number of carboxylic acids is 1. The third-order valence-corrected chi connectivity index (χ3v) is 4.53. The van der Waals surface area contributed by atoms with Crippen LogP contribution in [0.5, 0.6) is 0 Å². The van der Waals surface area contributed by atoms with Gasteiger partial charge in [-0.3, -0.25) is 9.59 Å². The maximum Gasteiger partial charge on any atom is 0.308 e. The molecule has 1 aromatic rings. The van der Waals surface area contributed by atoms with Crippen molar-refractivity contribution in [2.24, 2.45) is 5.92 Å². The molecule has 1 fully saturated rings. The van der Waals surface area contributed by atoms with Crippen molar-refractivity contribution in [1.29, 1.82) is 5.26 Å². The van der Waals surface area contributed by atoms with E-state index in [1.54, 1.807) is 23.1 Å². The number of carbonyl (C=O) groups excluding carboxylic acids is 1. The molecule has 1 N–H and O–H groups in total. The number of hydrogen-bond acceptors (Lipinski definition) is 3. The smallest absolute Gasteiger partial charge is 0.308 e. The molecule has 0 bridgehead atoms. The number of carboxylic acid groups (broad SMARTS) is 1. The van der Waals surface area contributed by atoms with Crippen molar-refractivity contribution < 1.29 is 14.7 Å². The first-order valence-corrected chi connectivity index (χ1v) is 7.17. The third-order valence-electron chi connectivity index (χ3n) is 4.53. The Bertz CT molecular complexity index is 647. The molecule has 0 spiro atoms. The van der Waals surface area contributed by atoms with Crippen LogP contribution in [0.25, 0.3) is 0 Å². The predicted molar refractivity (Wildman–Crippen MR) is 74.7 cm³/mol. The summed E-state index contributed by atoms with van der Waals surface area (Å²) in [5.41, 5.74) is 2.08. The van der Waals surface area contributed by atoms with Crippen molar-refractivity contribution in [3.63, 3.8) is 0 Å². The lowest BCUT2D eigenvalue weighted by atomic mass is 9.91. The monoisotopic (exact) mass is 284 g/mol. The van der Waals surface area contributed by atoms with E-state index in [4.69, 9.17) is 5.26 Å². The molecule has 3 rings (SSSR count). The zero-order valence-electron chi connectivity index (χ0n) is 11.6. The fourth-order valence-corrected chi connectivity index (χ4v) is 3.33. The standard InChI is InChI=1S/C16H16N2O3/c17-8-10-1-6-14-11(7-10)2-4-13-5-3-12(16(20)21)9-18(13)15(14)19/h1,6-7,12-13H,2-5,9H2,(H,20,21). The summed E-state index contributed by atoms with van der Waals surface area (Å²) in [6, 6.07) is 7.34. The molecule has 1 saturated heterocycles. The number of piperidine rings is 1. The number of hydrogen-bond donors (Lipinski definition) is 1. The molecule has 0 saturated carbocycles. The number of nitriles is 1. The molecule has 2 unspecified atom stereocenters. The minimum absolute atomic E-state index is 0.0945. The van der Waals surface area contributed by atoms with E-state index in [1.807, 2.05) is 0 Å². The molecule has 1 aromatic carbocycles. The summed E-state index contributed by atoms with van der Waals surface area (Å²) >= 11 is 0. The Labute approximate surface area is 122 Å². The normalized spacial score (nSPS) is 24.5. The zero-order chi connectivity index (χ0) is 15.0. The van der Waals surface area contributed by atoms with Gasteiger partial charge in [0.05, 0.1) is 17.6 Å². The van der Waals surface area contributed by atoms with E-state index in [9.17, 15) is 14.7 Å². The van der Waals surface area contributed by atoms with E-state index in [0.29, 0.717) is 17.5 Å². The molecule has 2 heterocycles. The number of aryl methyl sites for hydroxylation is 1. The van der Waals surface area contributed by atoms with Crippen molar-refractivity contribution in [2.45, 2.75) is 31.7 Å². The number of aliphatic carboxylic acids is 1. The van der Waals surface area contributed by atoms with Gasteiger partial charge >= 0.3 is 5.97 Å². The predicted octanol–water partition coefficient (Wildman–Crippen LogP) is 1.81. The quantitative estimate of drug-likeness (QED) is 0.852. The van der Waals surface area contributed by atoms with Gasteiger partial charge in [0.15, 0.2) is 0 Å². The topological polar surface area (TPSA) is 81.4 Å². The first-order chi connectivity index (χ1) is 10.1. The van der Waals surface area contributed by atoms with Gasteiger partial charge in [0.2, 0.25) is 0 Å².